The van der Waals surface area contributed by atoms with Crippen molar-refractivity contribution in [3.63, 3.8) is 0 Å². The molecule has 0 aromatic heterocycles. The highest BCUT2D eigenvalue weighted by molar-refractivity contribution is 6.48. The van der Waals surface area contributed by atoms with Gasteiger partial charge in [-0.1, -0.05) is 81.4 Å². The van der Waals surface area contributed by atoms with Crippen molar-refractivity contribution in [1.82, 2.24) is 4.90 Å². The SMILES string of the molecule is COc1ccc(C(c2ccc(OC)cc2)N2C(=O)[C@H](C(C)OC(=O)OCc3ccccc3)[C@H]2/C(=C\CO[SiH](C)C)C(C)(C)C)cc1. The van der Waals surface area contributed by atoms with Gasteiger partial charge < -0.3 is 28.3 Å². The lowest BCUT2D eigenvalue weighted by Crippen LogP contribution is -2.67. The van der Waals surface area contributed by atoms with Gasteiger partial charge >= 0.3 is 6.16 Å². The molecule has 1 saturated heterocycles. The molecular formula is C37H47NO7Si. The Kier molecular flexibility index (Phi) is 11.7. The van der Waals surface area contributed by atoms with Gasteiger partial charge in [0.1, 0.15) is 24.2 Å². The Labute approximate surface area is 275 Å². The molecule has 1 heterocycles. The van der Waals surface area contributed by atoms with Crippen LogP contribution in [0.4, 0.5) is 4.79 Å². The molecule has 1 aliphatic rings. The summed E-state index contributed by atoms with van der Waals surface area (Å²) in [6.07, 6.45) is 0.568. The molecule has 0 saturated carbocycles. The van der Waals surface area contributed by atoms with Crippen molar-refractivity contribution in [3.05, 3.63) is 107 Å². The number of likely N-dealkylation sites (tertiary alicyclic amines) is 1. The van der Waals surface area contributed by atoms with E-state index >= 15 is 0 Å². The number of rotatable bonds is 13. The van der Waals surface area contributed by atoms with Crippen LogP contribution >= 0.6 is 0 Å². The summed E-state index contributed by atoms with van der Waals surface area (Å²) in [6, 6.07) is 24.2. The third-order valence-corrected chi connectivity index (χ3v) is 9.08. The minimum Gasteiger partial charge on any atom is -0.497 e. The van der Waals surface area contributed by atoms with Gasteiger partial charge in [-0.3, -0.25) is 4.79 Å². The highest BCUT2D eigenvalue weighted by Gasteiger charge is 2.57. The average molecular weight is 646 g/mol. The molecule has 1 unspecified atom stereocenters. The van der Waals surface area contributed by atoms with Crippen LogP contribution in [0, 0.1) is 11.3 Å². The Hall–Kier alpha value is -4.08. The van der Waals surface area contributed by atoms with E-state index in [1.165, 1.54) is 0 Å². The molecule has 3 atom stereocenters. The fraction of sp³-hybridized carbons (Fsp3) is 0.405. The summed E-state index contributed by atoms with van der Waals surface area (Å²) in [5.74, 6) is 0.718. The first kappa shape index (κ1) is 34.8. The number of benzene rings is 3. The molecule has 1 aliphatic heterocycles. The van der Waals surface area contributed by atoms with E-state index < -0.39 is 33.3 Å². The van der Waals surface area contributed by atoms with Crippen LogP contribution in [0.2, 0.25) is 13.1 Å². The summed E-state index contributed by atoms with van der Waals surface area (Å²) >= 11 is 0. The van der Waals surface area contributed by atoms with E-state index in [0.717, 1.165) is 33.8 Å². The first-order chi connectivity index (χ1) is 21.9. The second kappa shape index (κ2) is 15.5. The van der Waals surface area contributed by atoms with E-state index in [4.69, 9.17) is 23.4 Å². The van der Waals surface area contributed by atoms with E-state index in [1.807, 2.05) is 83.8 Å². The van der Waals surface area contributed by atoms with Crippen molar-refractivity contribution < 1.29 is 33.0 Å². The molecule has 3 aromatic rings. The number of β-lactam (4-membered cyclic amide) rings is 1. The summed E-state index contributed by atoms with van der Waals surface area (Å²) in [5, 5.41) is 0. The zero-order valence-electron chi connectivity index (χ0n) is 28.2. The van der Waals surface area contributed by atoms with Gasteiger partial charge in [0.15, 0.2) is 9.04 Å². The molecule has 0 spiro atoms. The van der Waals surface area contributed by atoms with Gasteiger partial charge in [-0.25, -0.2) is 4.79 Å². The summed E-state index contributed by atoms with van der Waals surface area (Å²) < 4.78 is 28.2. The lowest BCUT2D eigenvalue weighted by atomic mass is 9.69. The minimum absolute atomic E-state index is 0.0845. The van der Waals surface area contributed by atoms with Crippen molar-refractivity contribution in [2.45, 2.75) is 65.6 Å². The zero-order chi connectivity index (χ0) is 33.4. The van der Waals surface area contributed by atoms with Crippen molar-refractivity contribution in [1.29, 1.82) is 0 Å². The quantitative estimate of drug-likeness (QED) is 0.0833. The maximum absolute atomic E-state index is 14.4. The van der Waals surface area contributed by atoms with E-state index in [2.05, 4.69) is 39.9 Å². The third kappa shape index (κ3) is 8.38. The van der Waals surface area contributed by atoms with Crippen LogP contribution in [0.25, 0.3) is 0 Å². The number of methoxy groups -OCH3 is 2. The van der Waals surface area contributed by atoms with Crippen LogP contribution in [0.1, 0.15) is 50.4 Å². The molecular weight excluding hydrogens is 598 g/mol. The normalized spacial score (nSPS) is 17.5. The highest BCUT2D eigenvalue weighted by atomic mass is 28.3. The van der Waals surface area contributed by atoms with Crippen LogP contribution in [0.15, 0.2) is 90.5 Å². The smallest absolute Gasteiger partial charge is 0.497 e. The lowest BCUT2D eigenvalue weighted by molar-refractivity contribution is -0.166. The molecule has 0 aliphatic carbocycles. The predicted molar refractivity (Wildman–Crippen MR) is 181 cm³/mol. The van der Waals surface area contributed by atoms with Gasteiger partial charge in [0.05, 0.1) is 38.8 Å². The number of carbonyl (C=O) groups excluding carboxylic acids is 2. The lowest BCUT2D eigenvalue weighted by Gasteiger charge is -2.55. The molecule has 0 N–H and O–H groups in total. The highest BCUT2D eigenvalue weighted by Crippen LogP contribution is 2.48. The van der Waals surface area contributed by atoms with Crippen molar-refractivity contribution in [2.24, 2.45) is 11.3 Å². The van der Waals surface area contributed by atoms with Crippen LogP contribution < -0.4 is 9.47 Å². The molecule has 0 radical (unpaired) electrons. The number of hydrogen-bond donors (Lipinski definition) is 0. The standard InChI is InChI=1S/C37H47NO7Si/c1-25(45-36(40)43-24-26-12-10-9-11-13-26)32-34(31(37(2,3)4)22-23-44-46(7)8)38(35(32)39)33(27-14-18-29(41-5)19-15-27)28-16-20-30(42-6)21-17-28/h9-22,25,32-34,46H,23-24H2,1-8H3/b31-22+/t25?,32-,34-/m1/s1. The van der Waals surface area contributed by atoms with Gasteiger partial charge in [0.2, 0.25) is 5.91 Å². The van der Waals surface area contributed by atoms with Crippen molar-refractivity contribution >= 4 is 21.1 Å². The van der Waals surface area contributed by atoms with Gasteiger partial charge in [0, 0.05) is 0 Å². The molecule has 9 heteroatoms. The summed E-state index contributed by atoms with van der Waals surface area (Å²) in [6.45, 7) is 13.0. The molecule has 1 amide bonds. The fourth-order valence-corrected chi connectivity index (χ4v) is 6.37. The Morgan fingerprint density at radius 3 is 1.91 bits per heavy atom. The molecule has 0 bridgehead atoms. The monoisotopic (exact) mass is 645 g/mol. The Morgan fingerprint density at radius 2 is 1.43 bits per heavy atom. The number of hydrogen-bond acceptors (Lipinski definition) is 7. The van der Waals surface area contributed by atoms with Crippen LogP contribution in [-0.2, 0) is 25.3 Å². The van der Waals surface area contributed by atoms with Gasteiger partial charge in [-0.05, 0) is 72.0 Å². The molecule has 1 fully saturated rings. The Morgan fingerprint density at radius 1 is 0.891 bits per heavy atom. The Balaban J connectivity index is 1.74. The third-order valence-electron chi connectivity index (χ3n) is 8.23. The van der Waals surface area contributed by atoms with Crippen LogP contribution in [0.3, 0.4) is 0 Å². The average Bonchev–Trinajstić information content (AvgIpc) is 3.03. The fourth-order valence-electron chi connectivity index (χ4n) is 5.89. The molecule has 4 rings (SSSR count). The Bertz CT molecular complexity index is 1420. The summed E-state index contributed by atoms with van der Waals surface area (Å²) in [7, 11) is 1.97. The van der Waals surface area contributed by atoms with E-state index in [9.17, 15) is 9.59 Å². The summed E-state index contributed by atoms with van der Waals surface area (Å²) in [4.78, 5) is 29.2. The summed E-state index contributed by atoms with van der Waals surface area (Å²) in [5.41, 5.74) is 3.44. The van der Waals surface area contributed by atoms with E-state index in [-0.39, 0.29) is 24.0 Å². The maximum atomic E-state index is 14.4. The topological polar surface area (TPSA) is 83.5 Å². The number of nitrogens with zero attached hydrogens (tertiary/aromatic N) is 1. The van der Waals surface area contributed by atoms with Crippen molar-refractivity contribution in [3.8, 4) is 11.5 Å². The number of ether oxygens (including phenoxy) is 4. The molecule has 8 nitrogen and oxygen atoms in total. The molecule has 46 heavy (non-hydrogen) atoms. The maximum Gasteiger partial charge on any atom is 0.508 e. The number of amides is 1. The minimum atomic E-state index is -1.29. The first-order valence-electron chi connectivity index (χ1n) is 15.7. The first-order valence-corrected chi connectivity index (χ1v) is 18.5. The largest absolute Gasteiger partial charge is 0.508 e. The number of carbonyl (C=O) groups is 2. The van der Waals surface area contributed by atoms with E-state index in [0.29, 0.717) is 6.61 Å². The van der Waals surface area contributed by atoms with Gasteiger partial charge in [-0.2, -0.15) is 0 Å². The molecule has 246 valence electrons. The van der Waals surface area contributed by atoms with Gasteiger partial charge in [0.25, 0.3) is 0 Å². The van der Waals surface area contributed by atoms with Crippen molar-refractivity contribution in [2.75, 3.05) is 20.8 Å². The second-order valence-electron chi connectivity index (χ2n) is 12.8. The van der Waals surface area contributed by atoms with Crippen LogP contribution in [-0.4, -0.2) is 59.0 Å². The van der Waals surface area contributed by atoms with Gasteiger partial charge in [-0.15, -0.1) is 0 Å². The zero-order valence-corrected chi connectivity index (χ0v) is 29.3. The van der Waals surface area contributed by atoms with Crippen LogP contribution in [0.5, 0.6) is 11.5 Å². The predicted octanol–water partition coefficient (Wildman–Crippen LogP) is 7.33. The van der Waals surface area contributed by atoms with E-state index in [1.54, 1.807) is 21.1 Å². The molecule has 3 aromatic carbocycles. The second-order valence-corrected chi connectivity index (χ2v) is 15.2.